The molecule has 0 aliphatic rings. The maximum Gasteiger partial charge on any atom is 0.254 e. The van der Waals surface area contributed by atoms with E-state index >= 15 is 0 Å². The zero-order chi connectivity index (χ0) is 14.7. The Hall–Kier alpha value is -1.88. The summed E-state index contributed by atoms with van der Waals surface area (Å²) in [5, 5.41) is 0. The van der Waals surface area contributed by atoms with Crippen molar-refractivity contribution in [1.29, 1.82) is 0 Å². The molecule has 0 unspecified atom stereocenters. The van der Waals surface area contributed by atoms with Gasteiger partial charge in [-0.3, -0.25) is 4.79 Å². The predicted octanol–water partition coefficient (Wildman–Crippen LogP) is 3.82. The van der Waals surface area contributed by atoms with Gasteiger partial charge in [0.1, 0.15) is 11.6 Å². The summed E-state index contributed by atoms with van der Waals surface area (Å²) in [6, 6.07) is 10.1. The molecule has 0 aliphatic heterocycles. The van der Waals surface area contributed by atoms with Crippen LogP contribution in [0.15, 0.2) is 52.3 Å². The molecule has 1 amide bonds. The fraction of sp³-hybridized carbons (Fsp3) is 0.133. The summed E-state index contributed by atoms with van der Waals surface area (Å²) in [6.45, 7) is 0. The molecule has 0 heterocycles. The number of rotatable bonds is 3. The monoisotopic (exact) mass is 293 g/mol. The lowest BCUT2D eigenvalue weighted by Gasteiger charge is -2.14. The van der Waals surface area contributed by atoms with Gasteiger partial charge in [-0.25, -0.2) is 8.78 Å². The highest BCUT2D eigenvalue weighted by Gasteiger charge is 2.15. The SMILES string of the molecule is CN(C)C(=O)c1cc(F)ccc1Sc1cccc(F)c1. The minimum Gasteiger partial charge on any atom is -0.345 e. The Labute approximate surface area is 120 Å². The molecule has 0 saturated carbocycles. The number of amides is 1. The van der Waals surface area contributed by atoms with E-state index in [0.717, 1.165) is 0 Å². The zero-order valence-electron chi connectivity index (χ0n) is 11.1. The first-order valence-electron chi connectivity index (χ1n) is 5.92. The van der Waals surface area contributed by atoms with Gasteiger partial charge in [0.05, 0.1) is 5.56 Å². The van der Waals surface area contributed by atoms with E-state index in [1.54, 1.807) is 26.2 Å². The van der Waals surface area contributed by atoms with Crippen LogP contribution in [0.2, 0.25) is 0 Å². The van der Waals surface area contributed by atoms with Gasteiger partial charge in [-0.1, -0.05) is 17.8 Å². The van der Waals surface area contributed by atoms with Crippen LogP contribution < -0.4 is 0 Å². The number of hydrogen-bond acceptors (Lipinski definition) is 2. The van der Waals surface area contributed by atoms with Crippen LogP contribution in [0.1, 0.15) is 10.4 Å². The standard InChI is InChI=1S/C15H13F2NOS/c1-18(2)15(19)13-9-11(17)6-7-14(13)20-12-5-3-4-10(16)8-12/h3-9H,1-2H3. The molecule has 2 rings (SSSR count). The Morgan fingerprint density at radius 1 is 1.05 bits per heavy atom. The Bertz CT molecular complexity index is 644. The molecule has 2 aromatic rings. The van der Waals surface area contributed by atoms with E-state index in [1.165, 1.54) is 47.0 Å². The number of nitrogens with zero attached hydrogens (tertiary/aromatic N) is 1. The van der Waals surface area contributed by atoms with Crippen molar-refractivity contribution in [2.75, 3.05) is 14.1 Å². The van der Waals surface area contributed by atoms with Crippen LogP contribution in [-0.4, -0.2) is 24.9 Å². The minimum absolute atomic E-state index is 0.268. The van der Waals surface area contributed by atoms with E-state index in [-0.39, 0.29) is 17.3 Å². The third-order valence-electron chi connectivity index (χ3n) is 2.60. The van der Waals surface area contributed by atoms with Crippen LogP contribution in [0.4, 0.5) is 8.78 Å². The normalized spacial score (nSPS) is 10.4. The highest BCUT2D eigenvalue weighted by atomic mass is 32.2. The Morgan fingerprint density at radius 2 is 1.75 bits per heavy atom. The molecule has 0 spiro atoms. The topological polar surface area (TPSA) is 20.3 Å². The predicted molar refractivity (Wildman–Crippen MR) is 74.9 cm³/mol. The number of carbonyl (C=O) groups excluding carboxylic acids is 1. The molecular formula is C15H13F2NOS. The van der Waals surface area contributed by atoms with Crippen molar-refractivity contribution >= 4 is 17.7 Å². The molecule has 0 radical (unpaired) electrons. The zero-order valence-corrected chi connectivity index (χ0v) is 11.9. The van der Waals surface area contributed by atoms with Crippen molar-refractivity contribution in [1.82, 2.24) is 4.90 Å². The molecule has 0 bridgehead atoms. The number of hydrogen-bond donors (Lipinski definition) is 0. The summed E-state index contributed by atoms with van der Waals surface area (Å²) in [5.74, 6) is -1.11. The van der Waals surface area contributed by atoms with Gasteiger partial charge in [0.2, 0.25) is 0 Å². The maximum atomic E-state index is 13.3. The first-order valence-corrected chi connectivity index (χ1v) is 6.73. The van der Waals surface area contributed by atoms with Gasteiger partial charge >= 0.3 is 0 Å². The molecule has 5 heteroatoms. The second-order valence-electron chi connectivity index (χ2n) is 4.40. The fourth-order valence-corrected chi connectivity index (χ4v) is 2.62. The summed E-state index contributed by atoms with van der Waals surface area (Å²) < 4.78 is 26.5. The van der Waals surface area contributed by atoms with E-state index in [9.17, 15) is 13.6 Å². The second kappa shape index (κ2) is 6.05. The van der Waals surface area contributed by atoms with E-state index in [0.29, 0.717) is 9.79 Å². The van der Waals surface area contributed by atoms with Crippen LogP contribution in [0.5, 0.6) is 0 Å². The van der Waals surface area contributed by atoms with E-state index < -0.39 is 5.82 Å². The van der Waals surface area contributed by atoms with E-state index in [1.807, 2.05) is 0 Å². The molecule has 0 N–H and O–H groups in total. The summed E-state index contributed by atoms with van der Waals surface area (Å²) in [7, 11) is 3.20. The van der Waals surface area contributed by atoms with Gasteiger partial charge in [-0.05, 0) is 36.4 Å². The van der Waals surface area contributed by atoms with Gasteiger partial charge < -0.3 is 4.90 Å². The molecule has 20 heavy (non-hydrogen) atoms. The lowest BCUT2D eigenvalue weighted by Crippen LogP contribution is -2.22. The smallest absolute Gasteiger partial charge is 0.254 e. The van der Waals surface area contributed by atoms with Gasteiger partial charge in [0.25, 0.3) is 5.91 Å². The number of benzene rings is 2. The van der Waals surface area contributed by atoms with Crippen LogP contribution in [0.25, 0.3) is 0 Å². The van der Waals surface area contributed by atoms with E-state index in [2.05, 4.69) is 0 Å². The molecular weight excluding hydrogens is 280 g/mol. The first-order chi connectivity index (χ1) is 9.47. The highest BCUT2D eigenvalue weighted by Crippen LogP contribution is 2.31. The Morgan fingerprint density at radius 3 is 2.40 bits per heavy atom. The van der Waals surface area contributed by atoms with E-state index in [4.69, 9.17) is 0 Å². The molecule has 0 aliphatic carbocycles. The van der Waals surface area contributed by atoms with Crippen molar-refractivity contribution in [2.24, 2.45) is 0 Å². The molecule has 2 nitrogen and oxygen atoms in total. The molecule has 104 valence electrons. The van der Waals surface area contributed by atoms with Crippen LogP contribution in [0, 0.1) is 11.6 Å². The molecule has 2 aromatic carbocycles. The molecule has 0 fully saturated rings. The fourth-order valence-electron chi connectivity index (χ4n) is 1.66. The number of halogens is 2. The van der Waals surface area contributed by atoms with Crippen LogP contribution in [0.3, 0.4) is 0 Å². The first kappa shape index (κ1) is 14.5. The quantitative estimate of drug-likeness (QED) is 0.857. The minimum atomic E-state index is -0.473. The Balaban J connectivity index is 2.39. The van der Waals surface area contributed by atoms with Gasteiger partial charge in [0.15, 0.2) is 0 Å². The lowest BCUT2D eigenvalue weighted by atomic mass is 10.2. The van der Waals surface area contributed by atoms with Crippen LogP contribution in [-0.2, 0) is 0 Å². The van der Waals surface area contributed by atoms with Crippen LogP contribution >= 0.6 is 11.8 Å². The van der Waals surface area contributed by atoms with Gasteiger partial charge in [-0.2, -0.15) is 0 Å². The van der Waals surface area contributed by atoms with Gasteiger partial charge in [0, 0.05) is 23.9 Å². The summed E-state index contributed by atoms with van der Waals surface area (Å²) in [5.41, 5.74) is 0.268. The average molecular weight is 293 g/mol. The summed E-state index contributed by atoms with van der Waals surface area (Å²) >= 11 is 1.23. The third-order valence-corrected chi connectivity index (χ3v) is 3.67. The van der Waals surface area contributed by atoms with Crippen molar-refractivity contribution in [3.05, 3.63) is 59.7 Å². The maximum absolute atomic E-state index is 13.3. The van der Waals surface area contributed by atoms with Crippen molar-refractivity contribution in [3.63, 3.8) is 0 Å². The van der Waals surface area contributed by atoms with Crippen molar-refractivity contribution in [3.8, 4) is 0 Å². The molecule has 0 atom stereocenters. The average Bonchev–Trinajstić information content (AvgIpc) is 2.40. The van der Waals surface area contributed by atoms with Crippen molar-refractivity contribution in [2.45, 2.75) is 9.79 Å². The Kier molecular flexibility index (Phi) is 4.39. The number of carbonyl (C=O) groups is 1. The molecule has 0 saturated heterocycles. The molecule has 0 aromatic heterocycles. The second-order valence-corrected chi connectivity index (χ2v) is 5.51. The summed E-state index contributed by atoms with van der Waals surface area (Å²) in [4.78, 5) is 14.7. The highest BCUT2D eigenvalue weighted by molar-refractivity contribution is 7.99. The van der Waals surface area contributed by atoms with Gasteiger partial charge in [-0.15, -0.1) is 0 Å². The lowest BCUT2D eigenvalue weighted by molar-refractivity contribution is 0.0824. The third kappa shape index (κ3) is 3.36. The summed E-state index contributed by atoms with van der Waals surface area (Å²) in [6.07, 6.45) is 0. The van der Waals surface area contributed by atoms with Crippen molar-refractivity contribution < 1.29 is 13.6 Å². The largest absolute Gasteiger partial charge is 0.345 e.